The quantitative estimate of drug-likeness (QED) is 0.574. The molecule has 1 heterocycles. The zero-order chi connectivity index (χ0) is 19.2. The van der Waals surface area contributed by atoms with Gasteiger partial charge in [0.2, 0.25) is 0 Å². The van der Waals surface area contributed by atoms with Gasteiger partial charge >= 0.3 is 0 Å². The van der Waals surface area contributed by atoms with E-state index in [-0.39, 0.29) is 16.5 Å². The highest BCUT2D eigenvalue weighted by Gasteiger charge is 2.37. The molecule has 0 spiro atoms. The molecule has 0 radical (unpaired) electrons. The van der Waals surface area contributed by atoms with Crippen molar-refractivity contribution in [2.45, 2.75) is 43.0 Å². The third kappa shape index (κ3) is 5.66. The maximum atomic E-state index is 12.6. The van der Waals surface area contributed by atoms with E-state index in [4.69, 9.17) is 11.6 Å². The number of aliphatic hydroxyl groups is 1. The number of hydrogen-bond acceptors (Lipinski definition) is 4. The van der Waals surface area contributed by atoms with Gasteiger partial charge in [0.1, 0.15) is 9.93 Å². The molecule has 2 aromatic rings. The van der Waals surface area contributed by atoms with Crippen LogP contribution >= 0.6 is 22.9 Å². The van der Waals surface area contributed by atoms with Crippen molar-refractivity contribution in [2.24, 2.45) is 5.92 Å². The third-order valence-corrected chi connectivity index (χ3v) is 7.58. The van der Waals surface area contributed by atoms with Crippen LogP contribution in [0.5, 0.6) is 0 Å². The molecule has 0 aliphatic carbocycles. The summed E-state index contributed by atoms with van der Waals surface area (Å²) < 4.78 is 28.2. The van der Waals surface area contributed by atoms with Gasteiger partial charge in [-0.05, 0) is 42.9 Å². The summed E-state index contributed by atoms with van der Waals surface area (Å²) in [5.41, 5.74) is -0.459. The first-order valence-corrected chi connectivity index (χ1v) is 11.2. The van der Waals surface area contributed by atoms with Crippen LogP contribution in [0.1, 0.15) is 38.7 Å². The summed E-state index contributed by atoms with van der Waals surface area (Å²) >= 11 is 6.81. The van der Waals surface area contributed by atoms with E-state index in [9.17, 15) is 13.5 Å². The van der Waals surface area contributed by atoms with E-state index in [0.717, 1.165) is 16.9 Å². The Morgan fingerprint density at radius 1 is 1.27 bits per heavy atom. The van der Waals surface area contributed by atoms with E-state index in [1.165, 1.54) is 12.1 Å². The van der Waals surface area contributed by atoms with Gasteiger partial charge in [0.05, 0.1) is 4.34 Å². The minimum atomic E-state index is -3.83. The molecule has 0 fully saturated rings. The van der Waals surface area contributed by atoms with Gasteiger partial charge in [0.15, 0.2) is 0 Å². The van der Waals surface area contributed by atoms with E-state index in [2.05, 4.69) is 4.72 Å². The van der Waals surface area contributed by atoms with Crippen molar-refractivity contribution in [2.75, 3.05) is 0 Å². The van der Waals surface area contributed by atoms with Crippen LogP contribution in [0.3, 0.4) is 0 Å². The van der Waals surface area contributed by atoms with Crippen molar-refractivity contribution in [3.63, 3.8) is 0 Å². The van der Waals surface area contributed by atoms with Gasteiger partial charge in [-0.25, -0.2) is 8.42 Å². The first-order chi connectivity index (χ1) is 12.3. The Balaban J connectivity index is 2.10. The molecular formula is C19H24ClNO3S2. The largest absolute Gasteiger partial charge is 0.375 e. The minimum Gasteiger partial charge on any atom is -0.375 e. The summed E-state index contributed by atoms with van der Waals surface area (Å²) in [5.74, 6) is -0.238. The van der Waals surface area contributed by atoms with E-state index >= 15 is 0 Å². The van der Waals surface area contributed by atoms with Gasteiger partial charge in [-0.3, -0.25) is 0 Å². The maximum Gasteiger partial charge on any atom is 0.252 e. The summed E-state index contributed by atoms with van der Waals surface area (Å²) in [7, 11) is -3.83. The van der Waals surface area contributed by atoms with Crippen molar-refractivity contribution < 1.29 is 13.5 Å². The summed E-state index contributed by atoms with van der Waals surface area (Å²) in [4.78, 5) is 0. The van der Waals surface area contributed by atoms with E-state index in [0.29, 0.717) is 17.2 Å². The van der Waals surface area contributed by atoms with Gasteiger partial charge in [0.25, 0.3) is 10.0 Å². The Labute approximate surface area is 164 Å². The van der Waals surface area contributed by atoms with E-state index in [1.54, 1.807) is 0 Å². The number of nitrogens with one attached hydrogen (secondary N) is 1. The summed E-state index contributed by atoms with van der Waals surface area (Å²) in [5, 5.41) is 11.0. The van der Waals surface area contributed by atoms with Gasteiger partial charge < -0.3 is 5.11 Å². The second kappa shape index (κ2) is 9.15. The van der Waals surface area contributed by atoms with Crippen LogP contribution in [0.25, 0.3) is 6.08 Å². The standard InChI is InChI=1S/C19H24ClNO3S2/c1-3-15(2)19(22,14-8-7-11-16-9-5-4-6-10-16)21-26(23,24)18-13-12-17(20)25-18/h4-7,9-13,15,21-22H,3,8,14H2,1-2H3/t15-,19-/m0/s1. The second-order valence-electron chi connectivity index (χ2n) is 6.25. The number of thiophene rings is 1. The normalized spacial score (nSPS) is 15.8. The van der Waals surface area contributed by atoms with E-state index in [1.807, 2.05) is 56.3 Å². The average Bonchev–Trinajstić information content (AvgIpc) is 3.06. The van der Waals surface area contributed by atoms with Gasteiger partial charge in [0, 0.05) is 0 Å². The van der Waals surface area contributed by atoms with Gasteiger partial charge in [-0.15, -0.1) is 11.3 Å². The molecule has 0 aliphatic heterocycles. The van der Waals surface area contributed by atoms with Crippen LogP contribution in [-0.2, 0) is 10.0 Å². The fourth-order valence-electron chi connectivity index (χ4n) is 2.55. The molecule has 1 aromatic carbocycles. The lowest BCUT2D eigenvalue weighted by atomic mass is 9.91. The average molecular weight is 414 g/mol. The Kier molecular flexibility index (Phi) is 7.43. The zero-order valence-corrected chi connectivity index (χ0v) is 17.2. The van der Waals surface area contributed by atoms with Crippen molar-refractivity contribution >= 4 is 39.0 Å². The third-order valence-electron chi connectivity index (χ3n) is 4.35. The Bertz CT molecular complexity index is 833. The monoisotopic (exact) mass is 413 g/mol. The molecule has 26 heavy (non-hydrogen) atoms. The minimum absolute atomic E-state index is 0.101. The summed E-state index contributed by atoms with van der Waals surface area (Å²) in [6, 6.07) is 12.8. The van der Waals surface area contributed by atoms with Crippen molar-refractivity contribution in [1.29, 1.82) is 0 Å². The number of allylic oxidation sites excluding steroid dienone is 1. The number of halogens is 1. The fraction of sp³-hybridized carbons (Fsp3) is 0.368. The lowest BCUT2D eigenvalue weighted by molar-refractivity contribution is -0.0307. The molecule has 0 saturated heterocycles. The van der Waals surface area contributed by atoms with Crippen molar-refractivity contribution in [3.05, 3.63) is 58.4 Å². The van der Waals surface area contributed by atoms with Crippen LogP contribution in [0, 0.1) is 5.92 Å². The highest BCUT2D eigenvalue weighted by Crippen LogP contribution is 2.30. The molecule has 0 aliphatic rings. The van der Waals surface area contributed by atoms with Crippen LogP contribution < -0.4 is 4.72 Å². The molecule has 0 saturated carbocycles. The highest BCUT2D eigenvalue weighted by atomic mass is 35.5. The Morgan fingerprint density at radius 2 is 1.96 bits per heavy atom. The Morgan fingerprint density at radius 3 is 2.54 bits per heavy atom. The first-order valence-electron chi connectivity index (χ1n) is 8.50. The van der Waals surface area contributed by atoms with Crippen molar-refractivity contribution in [3.8, 4) is 0 Å². The van der Waals surface area contributed by atoms with Gasteiger partial charge in [-0.2, -0.15) is 4.72 Å². The topological polar surface area (TPSA) is 66.4 Å². The predicted octanol–water partition coefficient (Wildman–Crippen LogP) is 4.91. The SMILES string of the molecule is CC[C@H](C)[C@@](O)(CCC=Cc1ccccc1)NS(=O)(=O)c1ccc(Cl)s1. The second-order valence-corrected chi connectivity index (χ2v) is 9.87. The lowest BCUT2D eigenvalue weighted by Gasteiger charge is -2.34. The fourth-order valence-corrected chi connectivity index (χ4v) is 5.41. The summed E-state index contributed by atoms with van der Waals surface area (Å²) in [6.45, 7) is 3.76. The molecule has 1 aromatic heterocycles. The smallest absolute Gasteiger partial charge is 0.252 e. The molecule has 142 valence electrons. The Hall–Kier alpha value is -1.18. The number of sulfonamides is 1. The van der Waals surface area contributed by atoms with Crippen LogP contribution in [0.15, 0.2) is 52.7 Å². The van der Waals surface area contributed by atoms with Crippen LogP contribution in [0.4, 0.5) is 0 Å². The molecular weight excluding hydrogens is 390 g/mol. The number of hydrogen-bond donors (Lipinski definition) is 2. The maximum absolute atomic E-state index is 12.6. The number of rotatable bonds is 9. The predicted molar refractivity (Wildman–Crippen MR) is 109 cm³/mol. The molecule has 4 nitrogen and oxygen atoms in total. The molecule has 0 bridgehead atoms. The molecule has 2 atom stereocenters. The summed E-state index contributed by atoms with van der Waals surface area (Å²) in [6.07, 6.45) is 5.38. The van der Waals surface area contributed by atoms with E-state index < -0.39 is 15.7 Å². The van der Waals surface area contributed by atoms with Gasteiger partial charge in [-0.1, -0.05) is 67.9 Å². The molecule has 0 unspecified atom stereocenters. The molecule has 0 amide bonds. The van der Waals surface area contributed by atoms with Crippen LogP contribution in [-0.4, -0.2) is 19.2 Å². The highest BCUT2D eigenvalue weighted by molar-refractivity contribution is 7.91. The first kappa shape index (κ1) is 21.1. The zero-order valence-electron chi connectivity index (χ0n) is 14.9. The lowest BCUT2D eigenvalue weighted by Crippen LogP contribution is -2.52. The van der Waals surface area contributed by atoms with Crippen LogP contribution in [0.2, 0.25) is 4.34 Å². The number of benzene rings is 1. The molecule has 2 rings (SSSR count). The van der Waals surface area contributed by atoms with Crippen molar-refractivity contribution in [1.82, 2.24) is 4.72 Å². The molecule has 7 heteroatoms. The molecule has 2 N–H and O–H groups in total.